The van der Waals surface area contributed by atoms with Gasteiger partial charge in [0.2, 0.25) is 5.91 Å². The van der Waals surface area contributed by atoms with Crippen molar-refractivity contribution in [3.05, 3.63) is 59.1 Å². The Kier molecular flexibility index (Phi) is 7.47. The van der Waals surface area contributed by atoms with Gasteiger partial charge in [0.1, 0.15) is 5.75 Å². The highest BCUT2D eigenvalue weighted by Gasteiger charge is 2.13. The number of aryl methyl sites for hydroxylation is 1. The Labute approximate surface area is 152 Å². The second kappa shape index (κ2) is 9.60. The monoisotopic (exact) mass is 363 g/mol. The normalized spacial score (nSPS) is 11.8. The highest BCUT2D eigenvalue weighted by molar-refractivity contribution is 8.00. The predicted molar refractivity (Wildman–Crippen MR) is 101 cm³/mol. The Bertz CT molecular complexity index is 661. The van der Waals surface area contributed by atoms with Gasteiger partial charge in [-0.1, -0.05) is 23.7 Å². The van der Waals surface area contributed by atoms with E-state index in [1.54, 1.807) is 7.11 Å². The molecule has 0 aromatic heterocycles. The number of carbonyl (C=O) groups is 1. The first kappa shape index (κ1) is 18.7. The first-order chi connectivity index (χ1) is 11.6. The quantitative estimate of drug-likeness (QED) is 0.551. The van der Waals surface area contributed by atoms with Crippen LogP contribution in [0.1, 0.15) is 18.9 Å². The summed E-state index contributed by atoms with van der Waals surface area (Å²) in [6, 6.07) is 15.5. The maximum Gasteiger partial charge on any atom is 0.233 e. The largest absolute Gasteiger partial charge is 0.497 e. The van der Waals surface area contributed by atoms with Crippen molar-refractivity contribution in [2.45, 2.75) is 29.9 Å². The lowest BCUT2D eigenvalue weighted by Crippen LogP contribution is -2.31. The third kappa shape index (κ3) is 6.10. The molecule has 2 aromatic rings. The van der Waals surface area contributed by atoms with Gasteiger partial charge in [-0.05, 0) is 61.7 Å². The summed E-state index contributed by atoms with van der Waals surface area (Å²) >= 11 is 7.40. The zero-order valence-electron chi connectivity index (χ0n) is 13.9. The topological polar surface area (TPSA) is 38.3 Å². The van der Waals surface area contributed by atoms with Crippen LogP contribution in [0, 0.1) is 0 Å². The van der Waals surface area contributed by atoms with Crippen molar-refractivity contribution in [2.75, 3.05) is 13.7 Å². The van der Waals surface area contributed by atoms with E-state index in [1.165, 1.54) is 17.3 Å². The van der Waals surface area contributed by atoms with Crippen LogP contribution in [0.15, 0.2) is 53.4 Å². The average molecular weight is 364 g/mol. The fourth-order valence-electron chi connectivity index (χ4n) is 2.25. The van der Waals surface area contributed by atoms with Crippen LogP contribution < -0.4 is 10.1 Å². The number of ether oxygens (including phenoxy) is 1. The summed E-state index contributed by atoms with van der Waals surface area (Å²) in [4.78, 5) is 13.2. The first-order valence-corrected chi connectivity index (χ1v) is 9.17. The molecule has 0 radical (unpaired) electrons. The van der Waals surface area contributed by atoms with Crippen LogP contribution in [-0.2, 0) is 11.2 Å². The lowest BCUT2D eigenvalue weighted by Gasteiger charge is -2.12. The molecule has 5 heteroatoms. The Morgan fingerprint density at radius 2 is 2.00 bits per heavy atom. The summed E-state index contributed by atoms with van der Waals surface area (Å²) in [7, 11) is 1.67. The zero-order chi connectivity index (χ0) is 17.4. The Hall–Kier alpha value is -1.65. The molecule has 0 heterocycles. The number of nitrogens with one attached hydrogen (secondary N) is 1. The minimum absolute atomic E-state index is 0.0561. The van der Waals surface area contributed by atoms with E-state index in [0.29, 0.717) is 11.6 Å². The minimum Gasteiger partial charge on any atom is -0.497 e. The van der Waals surface area contributed by atoms with Crippen LogP contribution in [0.5, 0.6) is 5.75 Å². The Morgan fingerprint density at radius 3 is 2.71 bits per heavy atom. The van der Waals surface area contributed by atoms with Crippen LogP contribution in [0.25, 0.3) is 0 Å². The number of benzene rings is 2. The van der Waals surface area contributed by atoms with Gasteiger partial charge in [0.05, 0.1) is 12.4 Å². The van der Waals surface area contributed by atoms with Crippen molar-refractivity contribution in [3.63, 3.8) is 0 Å². The molecule has 128 valence electrons. The number of amides is 1. The molecule has 0 spiro atoms. The number of rotatable bonds is 8. The van der Waals surface area contributed by atoms with Gasteiger partial charge in [0, 0.05) is 16.5 Å². The van der Waals surface area contributed by atoms with E-state index >= 15 is 0 Å². The molecule has 0 aliphatic heterocycles. The molecule has 2 aromatic carbocycles. The minimum atomic E-state index is -0.136. The fraction of sp³-hybridized carbons (Fsp3) is 0.316. The zero-order valence-corrected chi connectivity index (χ0v) is 15.5. The van der Waals surface area contributed by atoms with Crippen molar-refractivity contribution in [3.8, 4) is 5.75 Å². The molecule has 0 aliphatic rings. The van der Waals surface area contributed by atoms with Crippen LogP contribution in [0.4, 0.5) is 0 Å². The maximum atomic E-state index is 12.1. The number of hydrogen-bond acceptors (Lipinski definition) is 3. The van der Waals surface area contributed by atoms with Gasteiger partial charge in [-0.25, -0.2) is 0 Å². The molecule has 0 bridgehead atoms. The number of methoxy groups -OCH3 is 1. The smallest absolute Gasteiger partial charge is 0.233 e. The van der Waals surface area contributed by atoms with Gasteiger partial charge in [-0.3, -0.25) is 4.79 Å². The summed E-state index contributed by atoms with van der Waals surface area (Å²) < 4.78 is 5.21. The van der Waals surface area contributed by atoms with Crippen molar-refractivity contribution < 1.29 is 9.53 Å². The van der Waals surface area contributed by atoms with E-state index in [9.17, 15) is 4.79 Å². The number of halogens is 1. The van der Waals surface area contributed by atoms with Gasteiger partial charge in [0.15, 0.2) is 0 Å². The summed E-state index contributed by atoms with van der Waals surface area (Å²) in [5.74, 6) is 0.921. The molecule has 1 amide bonds. The second-order valence-electron chi connectivity index (χ2n) is 5.46. The highest BCUT2D eigenvalue weighted by atomic mass is 35.5. The summed E-state index contributed by atoms with van der Waals surface area (Å²) in [5, 5.41) is 3.56. The van der Waals surface area contributed by atoms with Gasteiger partial charge >= 0.3 is 0 Å². The van der Waals surface area contributed by atoms with E-state index < -0.39 is 0 Å². The third-order valence-corrected chi connectivity index (χ3v) is 4.94. The Morgan fingerprint density at radius 1 is 1.25 bits per heavy atom. The fourth-order valence-corrected chi connectivity index (χ4v) is 3.26. The molecular weight excluding hydrogens is 342 g/mol. The molecule has 0 fully saturated rings. The summed E-state index contributed by atoms with van der Waals surface area (Å²) in [5.41, 5.74) is 1.21. The van der Waals surface area contributed by atoms with Crippen LogP contribution >= 0.6 is 23.4 Å². The van der Waals surface area contributed by atoms with Crippen LogP contribution in [0.3, 0.4) is 0 Å². The number of carbonyl (C=O) groups excluding carboxylic acids is 1. The highest BCUT2D eigenvalue weighted by Crippen LogP contribution is 2.24. The van der Waals surface area contributed by atoms with Gasteiger partial charge in [-0.2, -0.15) is 0 Å². The van der Waals surface area contributed by atoms with E-state index in [1.807, 2.05) is 49.4 Å². The van der Waals surface area contributed by atoms with E-state index in [-0.39, 0.29) is 11.2 Å². The molecule has 2 rings (SSSR count). The summed E-state index contributed by atoms with van der Waals surface area (Å²) in [6.45, 7) is 2.58. The molecule has 0 saturated carbocycles. The average Bonchev–Trinajstić information content (AvgIpc) is 2.60. The molecular formula is C19H22ClNO2S. The summed E-state index contributed by atoms with van der Waals surface area (Å²) in [6.07, 6.45) is 1.81. The standard InChI is InChI=1S/C19H22ClNO2S/c1-14(24-18-10-8-16(20)9-11-18)19(22)21-12-4-6-15-5-3-7-17(13-15)23-2/h3,5,7-11,13-14H,4,6,12H2,1-2H3,(H,21,22)/t14-/m1/s1. The molecule has 1 atom stereocenters. The molecule has 1 N–H and O–H groups in total. The van der Waals surface area contributed by atoms with Crippen molar-refractivity contribution in [1.29, 1.82) is 0 Å². The van der Waals surface area contributed by atoms with Crippen molar-refractivity contribution >= 4 is 29.3 Å². The first-order valence-electron chi connectivity index (χ1n) is 7.91. The lowest BCUT2D eigenvalue weighted by atomic mass is 10.1. The van der Waals surface area contributed by atoms with Crippen molar-refractivity contribution in [2.24, 2.45) is 0 Å². The van der Waals surface area contributed by atoms with Crippen molar-refractivity contribution in [1.82, 2.24) is 5.32 Å². The molecule has 0 unspecified atom stereocenters. The molecule has 0 aliphatic carbocycles. The second-order valence-corrected chi connectivity index (χ2v) is 7.31. The van der Waals surface area contributed by atoms with E-state index in [4.69, 9.17) is 16.3 Å². The number of hydrogen-bond donors (Lipinski definition) is 1. The molecule has 3 nitrogen and oxygen atoms in total. The van der Waals surface area contributed by atoms with Gasteiger partial charge in [-0.15, -0.1) is 11.8 Å². The van der Waals surface area contributed by atoms with Gasteiger partial charge in [0.25, 0.3) is 0 Å². The predicted octanol–water partition coefficient (Wildman–Crippen LogP) is 4.58. The third-order valence-electron chi connectivity index (χ3n) is 3.57. The maximum absolute atomic E-state index is 12.1. The Balaban J connectivity index is 1.71. The molecule has 24 heavy (non-hydrogen) atoms. The van der Waals surface area contributed by atoms with E-state index in [2.05, 4.69) is 11.4 Å². The van der Waals surface area contributed by atoms with E-state index in [0.717, 1.165) is 23.5 Å². The number of thioether (sulfide) groups is 1. The molecule has 0 saturated heterocycles. The van der Waals surface area contributed by atoms with Crippen LogP contribution in [-0.4, -0.2) is 24.8 Å². The van der Waals surface area contributed by atoms with Gasteiger partial charge < -0.3 is 10.1 Å². The van der Waals surface area contributed by atoms with Crippen LogP contribution in [0.2, 0.25) is 5.02 Å². The lowest BCUT2D eigenvalue weighted by molar-refractivity contribution is -0.120. The SMILES string of the molecule is COc1cccc(CCCNC(=O)[C@@H](C)Sc2ccc(Cl)cc2)c1.